The molecule has 1 aromatic carbocycles. The fourth-order valence-corrected chi connectivity index (χ4v) is 6.65. The highest BCUT2D eigenvalue weighted by Gasteiger charge is 2.35. The molecule has 0 amide bonds. The molecule has 0 aliphatic carbocycles. The quantitative estimate of drug-likeness (QED) is 0.550. The van der Waals surface area contributed by atoms with Gasteiger partial charge in [-0.05, 0) is 30.5 Å². The van der Waals surface area contributed by atoms with Gasteiger partial charge in [0.1, 0.15) is 0 Å². The molecule has 3 rings (SSSR count). The minimum absolute atomic E-state index is 0.102. The van der Waals surface area contributed by atoms with Crippen molar-refractivity contribution in [2.75, 3.05) is 28.7 Å². The molecular formula is C15H23N3O4S2. The van der Waals surface area contributed by atoms with Crippen molar-refractivity contribution in [2.45, 2.75) is 31.5 Å². The number of anilines is 1. The number of sulfone groups is 2. The minimum atomic E-state index is -3.02. The fourth-order valence-electron chi connectivity index (χ4n) is 3.25. The van der Waals surface area contributed by atoms with E-state index in [-0.39, 0.29) is 35.1 Å². The smallest absolute Gasteiger partial charge is 0.151 e. The Morgan fingerprint density at radius 1 is 1.00 bits per heavy atom. The van der Waals surface area contributed by atoms with Crippen LogP contribution < -0.4 is 11.2 Å². The summed E-state index contributed by atoms with van der Waals surface area (Å²) in [4.78, 5) is 0. The van der Waals surface area contributed by atoms with Gasteiger partial charge in [0, 0.05) is 24.3 Å². The van der Waals surface area contributed by atoms with Gasteiger partial charge in [-0.25, -0.2) is 21.8 Å². The van der Waals surface area contributed by atoms with E-state index in [0.29, 0.717) is 25.1 Å². The lowest BCUT2D eigenvalue weighted by molar-refractivity contribution is 0.108. The fraction of sp³-hybridized carbons (Fsp3) is 0.600. The van der Waals surface area contributed by atoms with Crippen molar-refractivity contribution in [2.24, 2.45) is 0 Å². The molecule has 134 valence electrons. The molecule has 2 atom stereocenters. The summed E-state index contributed by atoms with van der Waals surface area (Å²) in [5.41, 5.74) is 10.6. The molecule has 9 heteroatoms. The van der Waals surface area contributed by atoms with Crippen LogP contribution in [0.4, 0.5) is 5.69 Å². The number of hydrogen-bond acceptors (Lipinski definition) is 7. The summed E-state index contributed by atoms with van der Waals surface area (Å²) < 4.78 is 47.0. The SMILES string of the molecule is Nc1ccc(CN(N[C@H]2CCS(=O)(=O)C2)[C@H]2CCS(=O)(=O)C2)cc1. The zero-order valence-electron chi connectivity index (χ0n) is 13.4. The third-order valence-electron chi connectivity index (χ3n) is 4.56. The van der Waals surface area contributed by atoms with Gasteiger partial charge in [0.05, 0.1) is 23.0 Å². The number of nitrogen functional groups attached to an aromatic ring is 1. The van der Waals surface area contributed by atoms with Crippen molar-refractivity contribution in [3.63, 3.8) is 0 Å². The Balaban J connectivity index is 1.74. The maximum absolute atomic E-state index is 11.8. The molecule has 2 aliphatic rings. The number of nitrogens with one attached hydrogen (secondary N) is 1. The maximum atomic E-state index is 11.8. The van der Waals surface area contributed by atoms with Crippen molar-refractivity contribution in [3.05, 3.63) is 29.8 Å². The largest absolute Gasteiger partial charge is 0.399 e. The molecule has 0 bridgehead atoms. The van der Waals surface area contributed by atoms with Gasteiger partial charge in [-0.1, -0.05) is 12.1 Å². The van der Waals surface area contributed by atoms with Gasteiger partial charge in [-0.15, -0.1) is 0 Å². The number of hydrazine groups is 1. The van der Waals surface area contributed by atoms with Crippen molar-refractivity contribution in [1.29, 1.82) is 0 Å². The van der Waals surface area contributed by atoms with E-state index in [2.05, 4.69) is 5.43 Å². The number of nitrogens with zero attached hydrogens (tertiary/aromatic N) is 1. The van der Waals surface area contributed by atoms with E-state index in [1.807, 2.05) is 17.1 Å². The molecule has 0 spiro atoms. The summed E-state index contributed by atoms with van der Waals surface area (Å²) in [6.07, 6.45) is 1.11. The molecule has 1 aromatic rings. The first-order valence-electron chi connectivity index (χ1n) is 8.00. The molecule has 2 saturated heterocycles. The summed E-state index contributed by atoms with van der Waals surface area (Å²) in [6, 6.07) is 7.11. The molecule has 3 N–H and O–H groups in total. The van der Waals surface area contributed by atoms with Crippen molar-refractivity contribution >= 4 is 25.4 Å². The van der Waals surface area contributed by atoms with Crippen LogP contribution in [-0.4, -0.2) is 56.9 Å². The van der Waals surface area contributed by atoms with Crippen LogP contribution in [0, 0.1) is 0 Å². The first-order valence-corrected chi connectivity index (χ1v) is 11.6. The highest BCUT2D eigenvalue weighted by molar-refractivity contribution is 7.91. The second-order valence-electron chi connectivity index (χ2n) is 6.66. The van der Waals surface area contributed by atoms with E-state index in [0.717, 1.165) is 5.56 Å². The average molecular weight is 374 g/mol. The van der Waals surface area contributed by atoms with Crippen LogP contribution in [0.25, 0.3) is 0 Å². The Kier molecular flexibility index (Phi) is 4.87. The average Bonchev–Trinajstić information content (AvgIpc) is 3.02. The van der Waals surface area contributed by atoms with Crippen LogP contribution in [0.15, 0.2) is 24.3 Å². The molecule has 2 fully saturated rings. The van der Waals surface area contributed by atoms with E-state index in [1.54, 1.807) is 12.1 Å². The van der Waals surface area contributed by atoms with Gasteiger partial charge in [0.25, 0.3) is 0 Å². The van der Waals surface area contributed by atoms with E-state index >= 15 is 0 Å². The molecule has 0 saturated carbocycles. The lowest BCUT2D eigenvalue weighted by Crippen LogP contribution is -2.50. The molecule has 7 nitrogen and oxygen atoms in total. The molecule has 2 aliphatic heterocycles. The van der Waals surface area contributed by atoms with Crippen LogP contribution in [0.1, 0.15) is 18.4 Å². The van der Waals surface area contributed by atoms with Gasteiger partial charge in [-0.3, -0.25) is 5.43 Å². The molecule has 2 heterocycles. The van der Waals surface area contributed by atoms with E-state index < -0.39 is 19.7 Å². The lowest BCUT2D eigenvalue weighted by Gasteiger charge is -2.31. The summed E-state index contributed by atoms with van der Waals surface area (Å²) in [5, 5.41) is 1.90. The summed E-state index contributed by atoms with van der Waals surface area (Å²) in [7, 11) is -6.01. The topological polar surface area (TPSA) is 110 Å². The number of benzene rings is 1. The minimum Gasteiger partial charge on any atom is -0.399 e. The standard InChI is InChI=1S/C15H23N3O4S2/c16-13-3-1-12(2-4-13)9-18(15-6-8-24(21,22)11-15)17-14-5-7-23(19,20)10-14/h1-4,14-15,17H,5-11,16H2/t14-,15-/m0/s1. The van der Waals surface area contributed by atoms with Crippen LogP contribution in [-0.2, 0) is 26.2 Å². The van der Waals surface area contributed by atoms with E-state index in [4.69, 9.17) is 5.73 Å². The zero-order chi connectivity index (χ0) is 17.4. The van der Waals surface area contributed by atoms with Gasteiger partial charge >= 0.3 is 0 Å². The maximum Gasteiger partial charge on any atom is 0.151 e. The number of nitrogens with two attached hydrogens (primary N) is 1. The first-order chi connectivity index (χ1) is 11.2. The normalized spacial score (nSPS) is 28.4. The Morgan fingerprint density at radius 3 is 2.17 bits per heavy atom. The second-order valence-corrected chi connectivity index (χ2v) is 11.1. The Labute approximate surface area is 143 Å². The first kappa shape index (κ1) is 17.7. The van der Waals surface area contributed by atoms with Crippen molar-refractivity contribution < 1.29 is 16.8 Å². The molecule has 0 unspecified atom stereocenters. The highest BCUT2D eigenvalue weighted by atomic mass is 32.2. The second kappa shape index (κ2) is 6.62. The zero-order valence-corrected chi connectivity index (χ0v) is 15.0. The van der Waals surface area contributed by atoms with E-state index in [1.165, 1.54) is 0 Å². The van der Waals surface area contributed by atoms with Crippen LogP contribution >= 0.6 is 0 Å². The lowest BCUT2D eigenvalue weighted by atomic mass is 10.1. The van der Waals surface area contributed by atoms with E-state index in [9.17, 15) is 16.8 Å². The molecular weight excluding hydrogens is 350 g/mol. The number of rotatable bonds is 5. The number of hydrogen-bond donors (Lipinski definition) is 2. The molecule has 0 aromatic heterocycles. The molecule has 0 radical (unpaired) electrons. The monoisotopic (exact) mass is 373 g/mol. The summed E-state index contributed by atoms with van der Waals surface area (Å²) in [6.45, 7) is 0.511. The van der Waals surface area contributed by atoms with Crippen LogP contribution in [0.3, 0.4) is 0 Å². The van der Waals surface area contributed by atoms with Crippen molar-refractivity contribution in [1.82, 2.24) is 10.4 Å². The third-order valence-corrected chi connectivity index (χ3v) is 8.08. The Bertz CT molecular complexity index is 791. The van der Waals surface area contributed by atoms with Gasteiger partial charge in [0.15, 0.2) is 19.7 Å². The summed E-state index contributed by atoms with van der Waals surface area (Å²) in [5.74, 6) is 0.572. The highest BCUT2D eigenvalue weighted by Crippen LogP contribution is 2.21. The Morgan fingerprint density at radius 2 is 1.62 bits per heavy atom. The molecule has 24 heavy (non-hydrogen) atoms. The van der Waals surface area contributed by atoms with Gasteiger partial charge < -0.3 is 5.73 Å². The van der Waals surface area contributed by atoms with Gasteiger partial charge in [0.2, 0.25) is 0 Å². The summed E-state index contributed by atoms with van der Waals surface area (Å²) >= 11 is 0. The van der Waals surface area contributed by atoms with Gasteiger partial charge in [-0.2, -0.15) is 0 Å². The third kappa shape index (κ3) is 4.47. The van der Waals surface area contributed by atoms with Crippen LogP contribution in [0.5, 0.6) is 0 Å². The predicted molar refractivity (Wildman–Crippen MR) is 93.7 cm³/mol. The van der Waals surface area contributed by atoms with Crippen LogP contribution in [0.2, 0.25) is 0 Å². The Hall–Kier alpha value is -1.16. The predicted octanol–water partition coefficient (Wildman–Crippen LogP) is -0.0504. The van der Waals surface area contributed by atoms with Crippen molar-refractivity contribution in [3.8, 4) is 0 Å².